The number of imide groups is 1. The average Bonchev–Trinajstić information content (AvgIpc) is 2.89. The molecule has 3 rings (SSSR count). The van der Waals surface area contributed by atoms with E-state index in [0.29, 0.717) is 12.8 Å². The number of likely N-dealkylation sites (tertiary alicyclic amines) is 1. The maximum atomic E-state index is 13.1. The third-order valence-corrected chi connectivity index (χ3v) is 5.95. The van der Waals surface area contributed by atoms with Gasteiger partial charge in [0, 0.05) is 12.1 Å². The minimum absolute atomic E-state index is 0.0854. The van der Waals surface area contributed by atoms with Gasteiger partial charge in [-0.2, -0.15) is 0 Å². The number of hydrogen-bond donors (Lipinski definition) is 1. The fourth-order valence-corrected chi connectivity index (χ4v) is 3.83. The number of halogens is 2. The number of amides is 2. The van der Waals surface area contributed by atoms with Crippen LogP contribution in [-0.2, 0) is 19.6 Å². The summed E-state index contributed by atoms with van der Waals surface area (Å²) in [4.78, 5) is 38.9. The van der Waals surface area contributed by atoms with E-state index in [-0.39, 0.29) is 34.0 Å². The molecule has 1 aliphatic rings. The van der Waals surface area contributed by atoms with Gasteiger partial charge >= 0.3 is 5.97 Å². The van der Waals surface area contributed by atoms with Crippen molar-refractivity contribution in [3.8, 4) is 0 Å². The molecule has 11 heteroatoms. The zero-order valence-electron chi connectivity index (χ0n) is 16.1. The lowest BCUT2D eigenvalue weighted by Gasteiger charge is -2.23. The lowest BCUT2D eigenvalue weighted by molar-refractivity contribution is -0.137. The van der Waals surface area contributed by atoms with Gasteiger partial charge in [-0.05, 0) is 61.7 Å². The summed E-state index contributed by atoms with van der Waals surface area (Å²) in [5.41, 5.74) is -0.160. The molecule has 0 aromatic heterocycles. The zero-order chi connectivity index (χ0) is 22.8. The lowest BCUT2D eigenvalue weighted by Crippen LogP contribution is -2.43. The highest BCUT2D eigenvalue weighted by Gasteiger charge is 2.34. The lowest BCUT2D eigenvalue weighted by atomic mass is 10.1. The number of primary sulfonamides is 1. The number of benzene rings is 2. The van der Waals surface area contributed by atoms with Gasteiger partial charge in [0.25, 0.3) is 11.8 Å². The van der Waals surface area contributed by atoms with Crippen LogP contribution in [0.1, 0.15) is 40.0 Å². The summed E-state index contributed by atoms with van der Waals surface area (Å²) in [5.74, 6) is -2.91. The molecule has 2 aromatic carbocycles. The Labute approximate surface area is 182 Å². The molecule has 1 aliphatic heterocycles. The molecular weight excluding hydrogens is 451 g/mol. The van der Waals surface area contributed by atoms with Crippen LogP contribution in [0.15, 0.2) is 47.4 Å². The fraction of sp³-hybridized carbons (Fsp3) is 0.250. The molecule has 164 valence electrons. The summed E-state index contributed by atoms with van der Waals surface area (Å²) in [6.07, 6.45) is -0.103. The average molecular weight is 469 g/mol. The Morgan fingerprint density at radius 3 is 2.45 bits per heavy atom. The number of ether oxygens (including phenoxy) is 1. The molecule has 1 fully saturated rings. The van der Waals surface area contributed by atoms with Gasteiger partial charge in [0.15, 0.2) is 6.10 Å². The predicted octanol–water partition coefficient (Wildman–Crippen LogP) is 2.50. The van der Waals surface area contributed by atoms with E-state index in [1.54, 1.807) is 0 Å². The van der Waals surface area contributed by atoms with E-state index >= 15 is 0 Å². The molecule has 0 spiro atoms. The van der Waals surface area contributed by atoms with Crippen molar-refractivity contribution in [2.45, 2.75) is 30.3 Å². The Morgan fingerprint density at radius 1 is 1.13 bits per heavy atom. The quantitative estimate of drug-likeness (QED) is 0.543. The van der Waals surface area contributed by atoms with Crippen molar-refractivity contribution < 1.29 is 31.9 Å². The summed E-state index contributed by atoms with van der Waals surface area (Å²) in [5, 5.41) is 4.99. The molecule has 0 saturated carbocycles. The minimum Gasteiger partial charge on any atom is -0.449 e. The molecule has 2 aromatic rings. The number of rotatable bonds is 4. The molecule has 1 atom stereocenters. The highest BCUT2D eigenvalue weighted by Crippen LogP contribution is 2.24. The van der Waals surface area contributed by atoms with E-state index < -0.39 is 39.7 Å². The first-order valence-corrected chi connectivity index (χ1v) is 11.1. The molecule has 0 aliphatic carbocycles. The van der Waals surface area contributed by atoms with Crippen LogP contribution in [0.25, 0.3) is 0 Å². The van der Waals surface area contributed by atoms with Gasteiger partial charge in [-0.3, -0.25) is 14.5 Å². The van der Waals surface area contributed by atoms with Crippen molar-refractivity contribution in [2.24, 2.45) is 5.14 Å². The fourth-order valence-electron chi connectivity index (χ4n) is 3.10. The van der Waals surface area contributed by atoms with Crippen molar-refractivity contribution in [1.29, 1.82) is 0 Å². The molecule has 1 saturated heterocycles. The minimum atomic E-state index is -4.09. The topological polar surface area (TPSA) is 124 Å². The number of nitrogens with two attached hydrogens (primary N) is 1. The van der Waals surface area contributed by atoms with Gasteiger partial charge in [0.2, 0.25) is 10.0 Å². The Balaban J connectivity index is 1.82. The number of nitrogens with zero attached hydrogens (tertiary/aromatic N) is 1. The summed E-state index contributed by atoms with van der Waals surface area (Å²) < 4.78 is 41.5. The Bertz CT molecular complexity index is 1140. The predicted molar refractivity (Wildman–Crippen MR) is 108 cm³/mol. The highest BCUT2D eigenvalue weighted by molar-refractivity contribution is 7.89. The van der Waals surface area contributed by atoms with Gasteiger partial charge in [-0.1, -0.05) is 11.6 Å². The van der Waals surface area contributed by atoms with E-state index in [4.69, 9.17) is 21.5 Å². The van der Waals surface area contributed by atoms with Gasteiger partial charge in [-0.25, -0.2) is 22.7 Å². The zero-order valence-corrected chi connectivity index (χ0v) is 17.7. The molecule has 31 heavy (non-hydrogen) atoms. The van der Waals surface area contributed by atoms with Crippen LogP contribution >= 0.6 is 11.6 Å². The number of esters is 1. The van der Waals surface area contributed by atoms with Crippen LogP contribution in [0.5, 0.6) is 0 Å². The van der Waals surface area contributed by atoms with Gasteiger partial charge in [0.05, 0.1) is 15.5 Å². The first kappa shape index (κ1) is 22.9. The first-order chi connectivity index (χ1) is 14.6. The van der Waals surface area contributed by atoms with E-state index in [9.17, 15) is 27.2 Å². The second-order valence-corrected chi connectivity index (χ2v) is 8.85. The molecule has 0 bridgehead atoms. The molecule has 2 N–H and O–H groups in total. The van der Waals surface area contributed by atoms with Crippen molar-refractivity contribution >= 4 is 39.4 Å². The number of carbonyl (C=O) groups excluding carboxylic acids is 3. The van der Waals surface area contributed by atoms with E-state index in [1.807, 2.05) is 0 Å². The first-order valence-electron chi connectivity index (χ1n) is 9.22. The molecule has 8 nitrogen and oxygen atoms in total. The van der Waals surface area contributed by atoms with Gasteiger partial charge in [-0.15, -0.1) is 0 Å². The largest absolute Gasteiger partial charge is 0.449 e. The normalized spacial score (nSPS) is 17.2. The van der Waals surface area contributed by atoms with Gasteiger partial charge in [0.1, 0.15) is 5.82 Å². The molecule has 2 amide bonds. The van der Waals surface area contributed by atoms with Crippen molar-refractivity contribution in [1.82, 2.24) is 4.90 Å². The molecule has 0 radical (unpaired) electrons. The second kappa shape index (κ2) is 9.13. The second-order valence-electron chi connectivity index (χ2n) is 6.88. The SMILES string of the molecule is NS(=O)(=O)c1ccc(Cl)c(C(=O)O[C@H]2CCCCN(C(=O)c3ccc(F)cc3)C2=O)c1. The summed E-state index contributed by atoms with van der Waals surface area (Å²) in [7, 11) is -4.09. The number of sulfonamides is 1. The molecular formula is C20H18ClFN2O6S. The van der Waals surface area contributed by atoms with Crippen LogP contribution in [0.2, 0.25) is 5.02 Å². The Kier molecular flexibility index (Phi) is 6.73. The van der Waals surface area contributed by atoms with Crippen molar-refractivity contribution in [3.05, 3.63) is 64.4 Å². The van der Waals surface area contributed by atoms with Gasteiger partial charge < -0.3 is 4.74 Å². The van der Waals surface area contributed by atoms with E-state index in [1.165, 1.54) is 18.2 Å². The summed E-state index contributed by atoms with van der Waals surface area (Å²) in [6.45, 7) is 0.116. The van der Waals surface area contributed by atoms with Crippen LogP contribution in [0.4, 0.5) is 4.39 Å². The smallest absolute Gasteiger partial charge is 0.340 e. The Morgan fingerprint density at radius 2 is 1.81 bits per heavy atom. The maximum absolute atomic E-state index is 13.1. The third-order valence-electron chi connectivity index (χ3n) is 4.71. The maximum Gasteiger partial charge on any atom is 0.340 e. The number of hydrogen-bond acceptors (Lipinski definition) is 6. The highest BCUT2D eigenvalue weighted by atomic mass is 35.5. The summed E-state index contributed by atoms with van der Waals surface area (Å²) >= 11 is 5.98. The van der Waals surface area contributed by atoms with E-state index in [0.717, 1.165) is 29.2 Å². The monoisotopic (exact) mass is 468 g/mol. The molecule has 1 heterocycles. The molecule has 0 unspecified atom stereocenters. The van der Waals surface area contributed by atoms with Crippen LogP contribution in [0.3, 0.4) is 0 Å². The van der Waals surface area contributed by atoms with E-state index in [2.05, 4.69) is 0 Å². The van der Waals surface area contributed by atoms with Crippen molar-refractivity contribution in [3.63, 3.8) is 0 Å². The summed E-state index contributed by atoms with van der Waals surface area (Å²) in [6, 6.07) is 8.00. The Hall–Kier alpha value is -2.82. The standard InChI is InChI=1S/C20H18ClFN2O6S/c21-16-9-8-14(31(23,28)29)11-15(16)20(27)30-17-3-1-2-10-24(19(17)26)18(25)12-4-6-13(22)7-5-12/h4-9,11,17H,1-3,10H2,(H2,23,28,29)/t17-/m0/s1. The third kappa shape index (κ3) is 5.27. The number of carbonyl (C=O) groups is 3. The van der Waals surface area contributed by atoms with Crippen LogP contribution in [-0.4, -0.2) is 43.8 Å². The van der Waals surface area contributed by atoms with Crippen LogP contribution in [0, 0.1) is 5.82 Å². The van der Waals surface area contributed by atoms with Crippen LogP contribution < -0.4 is 5.14 Å². The van der Waals surface area contributed by atoms with Crippen molar-refractivity contribution in [2.75, 3.05) is 6.54 Å².